The topological polar surface area (TPSA) is 9.23 Å². The van der Waals surface area contributed by atoms with Crippen LogP contribution in [0.4, 0.5) is 0 Å². The van der Waals surface area contributed by atoms with Crippen LogP contribution in [0.15, 0.2) is 12.7 Å². The second-order valence-electron chi connectivity index (χ2n) is 1.67. The van der Waals surface area contributed by atoms with E-state index in [2.05, 4.69) is 13.5 Å². The van der Waals surface area contributed by atoms with E-state index in [1.807, 2.05) is 6.08 Å². The SMILES string of the molecule is C=CCC(C[CH2-])OC.[Li+]. The Morgan fingerprint density at radius 2 is 2.33 bits per heavy atom. The molecule has 48 valence electrons. The van der Waals surface area contributed by atoms with Crippen molar-refractivity contribution in [1.82, 2.24) is 0 Å². The van der Waals surface area contributed by atoms with E-state index in [-0.39, 0.29) is 25.0 Å². The van der Waals surface area contributed by atoms with Crippen molar-refractivity contribution in [1.29, 1.82) is 0 Å². The van der Waals surface area contributed by atoms with Gasteiger partial charge in [0.2, 0.25) is 0 Å². The van der Waals surface area contributed by atoms with Gasteiger partial charge in [0.15, 0.2) is 0 Å². The van der Waals surface area contributed by atoms with Crippen LogP contribution in [0.5, 0.6) is 0 Å². The second-order valence-corrected chi connectivity index (χ2v) is 1.67. The van der Waals surface area contributed by atoms with Crippen LogP contribution in [-0.4, -0.2) is 13.2 Å². The molecule has 0 aromatic rings. The van der Waals surface area contributed by atoms with Crippen LogP contribution >= 0.6 is 0 Å². The van der Waals surface area contributed by atoms with Crippen molar-refractivity contribution in [2.75, 3.05) is 7.11 Å². The average Bonchev–Trinajstić information content (AvgIpc) is 1.83. The molecular formula is C7H13LiO. The van der Waals surface area contributed by atoms with Gasteiger partial charge in [0, 0.05) is 13.2 Å². The Hall–Kier alpha value is 0.297. The van der Waals surface area contributed by atoms with Gasteiger partial charge in [-0.15, -0.1) is 6.58 Å². The van der Waals surface area contributed by atoms with Crippen LogP contribution in [0, 0.1) is 6.92 Å². The minimum absolute atomic E-state index is 0. The molecule has 1 unspecified atom stereocenters. The molecule has 0 radical (unpaired) electrons. The molecule has 0 rings (SSSR count). The van der Waals surface area contributed by atoms with E-state index in [4.69, 9.17) is 4.74 Å². The van der Waals surface area contributed by atoms with Gasteiger partial charge in [-0.2, -0.15) is 6.42 Å². The summed E-state index contributed by atoms with van der Waals surface area (Å²) in [4.78, 5) is 0. The van der Waals surface area contributed by atoms with Crippen LogP contribution in [0.25, 0.3) is 0 Å². The van der Waals surface area contributed by atoms with Crippen LogP contribution < -0.4 is 18.9 Å². The molecule has 0 saturated carbocycles. The molecule has 0 saturated heterocycles. The molecule has 0 aliphatic heterocycles. The Labute approximate surface area is 69.7 Å². The van der Waals surface area contributed by atoms with Gasteiger partial charge in [-0.3, -0.25) is 0 Å². The largest absolute Gasteiger partial charge is 1.00 e. The van der Waals surface area contributed by atoms with Gasteiger partial charge in [0.1, 0.15) is 0 Å². The molecule has 0 N–H and O–H groups in total. The third kappa shape index (κ3) is 6.18. The minimum atomic E-state index is 0. The Kier molecular flexibility index (Phi) is 11.1. The molecule has 0 aliphatic rings. The fraction of sp³-hybridized carbons (Fsp3) is 0.571. The minimum Gasteiger partial charge on any atom is -0.384 e. The molecule has 2 heteroatoms. The molecule has 9 heavy (non-hydrogen) atoms. The normalized spacial score (nSPS) is 11.8. The maximum atomic E-state index is 5.01. The zero-order chi connectivity index (χ0) is 6.41. The summed E-state index contributed by atoms with van der Waals surface area (Å²) in [6, 6.07) is 0. The van der Waals surface area contributed by atoms with E-state index in [1.54, 1.807) is 7.11 Å². The Morgan fingerprint density at radius 1 is 1.78 bits per heavy atom. The van der Waals surface area contributed by atoms with E-state index < -0.39 is 0 Å². The van der Waals surface area contributed by atoms with Crippen LogP contribution in [0.2, 0.25) is 0 Å². The smallest absolute Gasteiger partial charge is 0.384 e. The predicted molar refractivity (Wildman–Crippen MR) is 35.6 cm³/mol. The molecule has 0 aliphatic carbocycles. The molecule has 0 spiro atoms. The van der Waals surface area contributed by atoms with Crippen LogP contribution in [0.1, 0.15) is 12.8 Å². The van der Waals surface area contributed by atoms with Gasteiger partial charge in [-0.1, -0.05) is 6.08 Å². The molecule has 0 amide bonds. The molecular weight excluding hydrogens is 107 g/mol. The maximum absolute atomic E-state index is 5.01. The summed E-state index contributed by atoms with van der Waals surface area (Å²) in [6.07, 6.45) is 3.84. The fourth-order valence-electron chi connectivity index (χ4n) is 0.518. The maximum Gasteiger partial charge on any atom is 1.00 e. The molecule has 0 heterocycles. The summed E-state index contributed by atoms with van der Waals surface area (Å²) in [5, 5.41) is 0. The standard InChI is InChI=1S/C7H13O.Li/c1-4-6-7(5-2)8-3;/h4,7H,1-2,5-6H2,3H3;/q-1;+1. The third-order valence-corrected chi connectivity index (χ3v) is 1.08. The third-order valence-electron chi connectivity index (χ3n) is 1.08. The number of hydrogen-bond donors (Lipinski definition) is 0. The second kappa shape index (κ2) is 8.30. The number of ether oxygens (including phenoxy) is 1. The van der Waals surface area contributed by atoms with Crippen molar-refractivity contribution in [3.8, 4) is 0 Å². The summed E-state index contributed by atoms with van der Waals surface area (Å²) in [7, 11) is 1.69. The summed E-state index contributed by atoms with van der Waals surface area (Å²) in [6.45, 7) is 7.29. The van der Waals surface area contributed by atoms with Crippen molar-refractivity contribution < 1.29 is 23.6 Å². The van der Waals surface area contributed by atoms with Crippen LogP contribution in [0.3, 0.4) is 0 Å². The Morgan fingerprint density at radius 3 is 2.44 bits per heavy atom. The fourth-order valence-corrected chi connectivity index (χ4v) is 0.518. The first-order valence-corrected chi connectivity index (χ1v) is 2.78. The average molecular weight is 120 g/mol. The Bertz CT molecular complexity index is 59.9. The number of rotatable bonds is 4. The van der Waals surface area contributed by atoms with Gasteiger partial charge in [0.25, 0.3) is 0 Å². The van der Waals surface area contributed by atoms with Crippen LogP contribution in [-0.2, 0) is 4.74 Å². The summed E-state index contributed by atoms with van der Waals surface area (Å²) >= 11 is 0. The first-order chi connectivity index (χ1) is 3.85. The zero-order valence-electron chi connectivity index (χ0n) is 6.39. The van der Waals surface area contributed by atoms with Gasteiger partial charge in [-0.25, -0.2) is 0 Å². The number of hydrogen-bond acceptors (Lipinski definition) is 1. The van der Waals surface area contributed by atoms with Crippen molar-refractivity contribution in [2.45, 2.75) is 18.9 Å². The van der Waals surface area contributed by atoms with E-state index >= 15 is 0 Å². The van der Waals surface area contributed by atoms with Crippen molar-refractivity contribution >= 4 is 0 Å². The summed E-state index contributed by atoms with van der Waals surface area (Å²) in [5.41, 5.74) is 0. The van der Waals surface area contributed by atoms with E-state index in [0.717, 1.165) is 12.8 Å². The first-order valence-electron chi connectivity index (χ1n) is 2.78. The van der Waals surface area contributed by atoms with Gasteiger partial charge >= 0.3 is 18.9 Å². The van der Waals surface area contributed by atoms with Crippen molar-refractivity contribution in [3.05, 3.63) is 19.6 Å². The van der Waals surface area contributed by atoms with Gasteiger partial charge in [0.05, 0.1) is 0 Å². The molecule has 1 nitrogen and oxygen atoms in total. The van der Waals surface area contributed by atoms with Crippen molar-refractivity contribution in [2.24, 2.45) is 0 Å². The van der Waals surface area contributed by atoms with Gasteiger partial charge < -0.3 is 11.7 Å². The molecule has 0 fully saturated rings. The quantitative estimate of drug-likeness (QED) is 0.257. The molecule has 0 aromatic heterocycles. The Balaban J connectivity index is 0. The summed E-state index contributed by atoms with van der Waals surface area (Å²) < 4.78 is 5.01. The molecule has 1 atom stereocenters. The molecule has 0 bridgehead atoms. The van der Waals surface area contributed by atoms with E-state index in [9.17, 15) is 0 Å². The number of methoxy groups -OCH3 is 1. The molecule has 0 aromatic carbocycles. The monoisotopic (exact) mass is 120 g/mol. The predicted octanol–water partition coefficient (Wildman–Crippen LogP) is -1.19. The van der Waals surface area contributed by atoms with Gasteiger partial charge in [-0.05, 0) is 6.42 Å². The first kappa shape index (κ1) is 12.0. The van der Waals surface area contributed by atoms with Crippen molar-refractivity contribution in [3.63, 3.8) is 0 Å². The zero-order valence-corrected chi connectivity index (χ0v) is 6.39. The van der Waals surface area contributed by atoms with E-state index in [0.29, 0.717) is 0 Å². The van der Waals surface area contributed by atoms with E-state index in [1.165, 1.54) is 0 Å². The summed E-state index contributed by atoms with van der Waals surface area (Å²) in [5.74, 6) is 0.